The van der Waals surface area contributed by atoms with Crippen molar-refractivity contribution in [3.8, 4) is 0 Å². The number of fused-ring (bicyclic) bond motifs is 2. The van der Waals surface area contributed by atoms with E-state index in [2.05, 4.69) is 9.97 Å². The van der Waals surface area contributed by atoms with E-state index in [0.29, 0.717) is 21.6 Å². The van der Waals surface area contributed by atoms with Crippen LogP contribution in [0, 0.1) is 0 Å². The van der Waals surface area contributed by atoms with Gasteiger partial charge in [0.05, 0.1) is 23.4 Å². The van der Waals surface area contributed by atoms with E-state index >= 15 is 4.39 Å². The Balaban J connectivity index is 1.79. The van der Waals surface area contributed by atoms with Crippen molar-refractivity contribution in [1.29, 1.82) is 0 Å². The number of aromatic nitrogens is 2. The Bertz CT molecular complexity index is 737. The largest absolute Gasteiger partial charge is 0.394 e. The Labute approximate surface area is 123 Å². The van der Waals surface area contributed by atoms with E-state index in [0.717, 1.165) is 0 Å². The van der Waals surface area contributed by atoms with Crippen LogP contribution in [0.5, 0.6) is 0 Å². The van der Waals surface area contributed by atoms with Crippen molar-refractivity contribution in [2.45, 2.75) is 36.3 Å². The second-order valence-corrected chi connectivity index (χ2v) is 6.65. The first-order chi connectivity index (χ1) is 9.92. The number of alkyl halides is 1. The van der Waals surface area contributed by atoms with E-state index in [-0.39, 0.29) is 0 Å². The third-order valence-electron chi connectivity index (χ3n) is 4.67. The smallest absolute Gasteiger partial charge is 0.178 e. The minimum absolute atomic E-state index is 0.349. The summed E-state index contributed by atoms with van der Waals surface area (Å²) in [5, 5.41) is 22.1. The number of rotatable bonds is 2. The van der Waals surface area contributed by atoms with Crippen LogP contribution in [0.4, 0.5) is 10.2 Å². The summed E-state index contributed by atoms with van der Waals surface area (Å²) in [5.74, 6) is -0.241. The van der Waals surface area contributed by atoms with Gasteiger partial charge in [0.25, 0.3) is 0 Å². The van der Waals surface area contributed by atoms with Gasteiger partial charge in [-0.05, 0) is 6.92 Å². The molecule has 1 aliphatic heterocycles. The summed E-state index contributed by atoms with van der Waals surface area (Å²) in [5.41, 5.74) is 2.75. The van der Waals surface area contributed by atoms with E-state index in [1.807, 2.05) is 0 Å². The Morgan fingerprint density at radius 3 is 2.90 bits per heavy atom. The van der Waals surface area contributed by atoms with Crippen molar-refractivity contribution in [2.24, 2.45) is 0 Å². The molecule has 0 spiro atoms. The lowest BCUT2D eigenvalue weighted by atomic mass is 9.90. The number of nitrogen functional groups attached to an aromatic ring is 1. The molecule has 8 heteroatoms. The van der Waals surface area contributed by atoms with Crippen LogP contribution in [0.3, 0.4) is 0 Å². The van der Waals surface area contributed by atoms with Gasteiger partial charge in [0, 0.05) is 10.3 Å². The fourth-order valence-corrected chi connectivity index (χ4v) is 4.53. The van der Waals surface area contributed by atoms with Gasteiger partial charge in [0.1, 0.15) is 30.0 Å². The van der Waals surface area contributed by atoms with Crippen LogP contribution in [0.1, 0.15) is 17.7 Å². The minimum Gasteiger partial charge on any atom is -0.394 e. The fourth-order valence-electron chi connectivity index (χ4n) is 3.33. The van der Waals surface area contributed by atoms with E-state index in [1.54, 1.807) is 5.38 Å². The van der Waals surface area contributed by atoms with Gasteiger partial charge < -0.3 is 20.7 Å². The highest BCUT2D eigenvalue weighted by Gasteiger charge is 2.83. The molecule has 0 radical (unpaired) electrons. The van der Waals surface area contributed by atoms with Crippen LogP contribution in [0.25, 0.3) is 10.9 Å². The number of nitrogens with two attached hydrogens (primary N) is 1. The summed E-state index contributed by atoms with van der Waals surface area (Å²) in [6, 6.07) is 0. The van der Waals surface area contributed by atoms with Crippen LogP contribution in [0.15, 0.2) is 11.7 Å². The Morgan fingerprint density at radius 2 is 2.29 bits per heavy atom. The minimum atomic E-state index is -1.90. The SMILES string of the molecule is CC1(O)C(CO)OC2C(c3scc4c(N)ncnc34)C21F. The maximum absolute atomic E-state index is 15.2. The summed E-state index contributed by atoms with van der Waals surface area (Å²) in [6.07, 6.45) is -0.329. The van der Waals surface area contributed by atoms with Crippen LogP contribution in [-0.2, 0) is 4.74 Å². The van der Waals surface area contributed by atoms with Crippen molar-refractivity contribution in [1.82, 2.24) is 9.97 Å². The standard InChI is InChI=1S/C13H14FN3O3S/c1-12(19)6(2-18)20-10-7(13(10,12)14)9-8-5(3-21-9)11(15)17-4-16-8/h3-4,6-7,10,18-19H,2H2,1H3,(H2,15,16,17). The molecule has 4 N–H and O–H groups in total. The molecule has 21 heavy (non-hydrogen) atoms. The average molecular weight is 311 g/mol. The van der Waals surface area contributed by atoms with E-state index < -0.39 is 36.0 Å². The zero-order valence-corrected chi connectivity index (χ0v) is 12.0. The average Bonchev–Trinajstić information content (AvgIpc) is 2.77. The highest BCUT2D eigenvalue weighted by Crippen LogP contribution is 2.69. The topological polar surface area (TPSA) is 101 Å². The highest BCUT2D eigenvalue weighted by molar-refractivity contribution is 7.11. The van der Waals surface area contributed by atoms with Crippen LogP contribution in [0.2, 0.25) is 0 Å². The van der Waals surface area contributed by atoms with E-state index in [4.69, 9.17) is 10.5 Å². The van der Waals surface area contributed by atoms with Gasteiger partial charge >= 0.3 is 0 Å². The first kappa shape index (κ1) is 13.3. The highest BCUT2D eigenvalue weighted by atomic mass is 32.1. The first-order valence-electron chi connectivity index (χ1n) is 6.58. The molecule has 0 amide bonds. The summed E-state index contributed by atoms with van der Waals surface area (Å²) < 4.78 is 20.7. The number of anilines is 1. The van der Waals surface area contributed by atoms with Crippen LogP contribution < -0.4 is 5.73 Å². The van der Waals surface area contributed by atoms with Crippen molar-refractivity contribution in [3.63, 3.8) is 0 Å². The summed E-state index contributed by atoms with van der Waals surface area (Å²) in [6.45, 7) is 0.954. The molecule has 6 nitrogen and oxygen atoms in total. The normalized spacial score (nSPS) is 41.4. The maximum Gasteiger partial charge on any atom is 0.178 e. The number of nitrogens with zero attached hydrogens (tertiary/aromatic N) is 2. The second kappa shape index (κ2) is 3.89. The third-order valence-corrected chi connectivity index (χ3v) is 5.73. The Kier molecular flexibility index (Phi) is 2.47. The van der Waals surface area contributed by atoms with Gasteiger partial charge in [-0.1, -0.05) is 0 Å². The second-order valence-electron chi connectivity index (χ2n) is 5.74. The predicted molar refractivity (Wildman–Crippen MR) is 74.8 cm³/mol. The van der Waals surface area contributed by atoms with Crippen molar-refractivity contribution < 1.29 is 19.3 Å². The number of aliphatic hydroxyl groups is 2. The number of hydrogen-bond acceptors (Lipinski definition) is 7. The van der Waals surface area contributed by atoms with Gasteiger partial charge in [0.15, 0.2) is 5.67 Å². The summed E-state index contributed by atoms with van der Waals surface area (Å²) in [7, 11) is 0. The molecule has 2 aromatic rings. The third kappa shape index (κ3) is 1.41. The monoisotopic (exact) mass is 311 g/mol. The molecule has 0 aromatic carbocycles. The molecule has 1 saturated carbocycles. The first-order valence-corrected chi connectivity index (χ1v) is 7.46. The van der Waals surface area contributed by atoms with Crippen molar-refractivity contribution in [3.05, 3.63) is 16.6 Å². The zero-order chi connectivity index (χ0) is 15.0. The molecular weight excluding hydrogens is 297 g/mol. The molecule has 0 bridgehead atoms. The molecule has 1 saturated heterocycles. The molecule has 2 fully saturated rings. The van der Waals surface area contributed by atoms with Crippen LogP contribution in [-0.4, -0.2) is 50.3 Å². The van der Waals surface area contributed by atoms with Gasteiger partial charge in [-0.2, -0.15) is 0 Å². The Morgan fingerprint density at radius 1 is 1.52 bits per heavy atom. The number of hydrogen-bond donors (Lipinski definition) is 3. The molecule has 5 atom stereocenters. The fraction of sp³-hybridized carbons (Fsp3) is 0.538. The zero-order valence-electron chi connectivity index (χ0n) is 11.2. The Hall–Kier alpha value is -1.35. The van der Waals surface area contributed by atoms with Gasteiger partial charge in [0.2, 0.25) is 0 Å². The lowest BCUT2D eigenvalue weighted by Crippen LogP contribution is -2.48. The summed E-state index contributed by atoms with van der Waals surface area (Å²) in [4.78, 5) is 8.78. The number of aliphatic hydroxyl groups excluding tert-OH is 1. The molecule has 1 aliphatic carbocycles. The molecule has 2 aliphatic rings. The molecular formula is C13H14FN3O3S. The van der Waals surface area contributed by atoms with Crippen molar-refractivity contribution >= 4 is 28.1 Å². The molecule has 4 rings (SSSR count). The molecule has 112 valence electrons. The van der Waals surface area contributed by atoms with Crippen molar-refractivity contribution in [2.75, 3.05) is 12.3 Å². The lowest BCUT2D eigenvalue weighted by molar-refractivity contribution is -0.105. The number of thiophene rings is 1. The quantitative estimate of drug-likeness (QED) is 0.750. The molecule has 3 heterocycles. The van der Waals surface area contributed by atoms with E-state index in [9.17, 15) is 10.2 Å². The van der Waals surface area contributed by atoms with Gasteiger partial charge in [-0.15, -0.1) is 11.3 Å². The molecule has 2 aromatic heterocycles. The predicted octanol–water partition coefficient (Wildman–Crippen LogP) is 0.590. The van der Waals surface area contributed by atoms with Crippen LogP contribution >= 0.6 is 11.3 Å². The van der Waals surface area contributed by atoms with Gasteiger partial charge in [-0.3, -0.25) is 0 Å². The number of ether oxygens (including phenoxy) is 1. The summed E-state index contributed by atoms with van der Waals surface area (Å²) >= 11 is 1.34. The lowest BCUT2D eigenvalue weighted by Gasteiger charge is -2.29. The number of halogens is 1. The van der Waals surface area contributed by atoms with E-state index in [1.165, 1.54) is 24.6 Å². The molecule has 5 unspecified atom stereocenters. The maximum atomic E-state index is 15.2. The van der Waals surface area contributed by atoms with Gasteiger partial charge in [-0.25, -0.2) is 14.4 Å².